The van der Waals surface area contributed by atoms with E-state index >= 15 is 0 Å². The van der Waals surface area contributed by atoms with Gasteiger partial charge in [0.15, 0.2) is 12.3 Å². The van der Waals surface area contributed by atoms with Crippen LogP contribution in [-0.2, 0) is 11.3 Å². The molecule has 2 N–H and O–H groups in total. The lowest BCUT2D eigenvalue weighted by atomic mass is 10.1. The van der Waals surface area contributed by atoms with Crippen molar-refractivity contribution in [3.63, 3.8) is 0 Å². The minimum absolute atomic E-state index is 0.456. The van der Waals surface area contributed by atoms with Gasteiger partial charge in [-0.25, -0.2) is 4.79 Å². The van der Waals surface area contributed by atoms with Crippen LogP contribution in [0.15, 0.2) is 18.2 Å². The Balaban J connectivity index is 0.000000451. The van der Waals surface area contributed by atoms with E-state index in [2.05, 4.69) is 11.2 Å². The predicted molar refractivity (Wildman–Crippen MR) is 96.4 cm³/mol. The molecule has 0 aliphatic carbocycles. The fourth-order valence-corrected chi connectivity index (χ4v) is 1.83. The van der Waals surface area contributed by atoms with Crippen molar-refractivity contribution in [2.45, 2.75) is 26.4 Å². The van der Waals surface area contributed by atoms with Crippen molar-refractivity contribution in [1.29, 1.82) is 0 Å². The largest absolute Gasteiger partial charge is 0.497 e. The van der Waals surface area contributed by atoms with Crippen LogP contribution in [0.1, 0.15) is 29.8 Å². The van der Waals surface area contributed by atoms with Crippen LogP contribution in [0.3, 0.4) is 0 Å². The molecule has 0 bridgehead atoms. The number of amides is 3. The Labute approximate surface area is 148 Å². The fraction of sp³-hybridized carbons (Fsp3) is 0.389. The second-order valence-electron chi connectivity index (χ2n) is 4.98. The SMILES string of the molecule is C#CC1NC(=O)NC1=O.CC.COc1ccc(CN(C)C)c(C=O)c1. The van der Waals surface area contributed by atoms with Crippen molar-refractivity contribution >= 4 is 18.2 Å². The summed E-state index contributed by atoms with van der Waals surface area (Å²) in [7, 11) is 5.53. The number of nitrogens with zero attached hydrogens (tertiary/aromatic N) is 1. The van der Waals surface area contributed by atoms with Crippen molar-refractivity contribution in [3.8, 4) is 18.1 Å². The van der Waals surface area contributed by atoms with Crippen molar-refractivity contribution in [1.82, 2.24) is 15.5 Å². The average molecular weight is 347 g/mol. The highest BCUT2D eigenvalue weighted by molar-refractivity contribution is 6.05. The highest BCUT2D eigenvalue weighted by atomic mass is 16.5. The second kappa shape index (κ2) is 11.6. The molecule has 7 heteroatoms. The van der Waals surface area contributed by atoms with Crippen LogP contribution in [-0.4, -0.2) is 50.4 Å². The number of carbonyl (C=O) groups excluding carboxylic acids is 3. The van der Waals surface area contributed by atoms with Gasteiger partial charge in [-0.15, -0.1) is 6.42 Å². The van der Waals surface area contributed by atoms with E-state index in [1.54, 1.807) is 13.2 Å². The number of methoxy groups -OCH3 is 1. The van der Waals surface area contributed by atoms with Crippen molar-refractivity contribution < 1.29 is 19.1 Å². The minimum Gasteiger partial charge on any atom is -0.497 e. The molecule has 1 heterocycles. The minimum atomic E-state index is -0.780. The van der Waals surface area contributed by atoms with Crippen molar-refractivity contribution in [2.75, 3.05) is 21.2 Å². The number of rotatable bonds is 4. The Kier molecular flexibility index (Phi) is 10.3. The molecule has 136 valence electrons. The summed E-state index contributed by atoms with van der Waals surface area (Å²) in [5, 5.41) is 4.20. The van der Waals surface area contributed by atoms with Crippen LogP contribution in [0.2, 0.25) is 0 Å². The van der Waals surface area contributed by atoms with E-state index in [1.165, 1.54) is 0 Å². The lowest BCUT2D eigenvalue weighted by molar-refractivity contribution is -0.119. The molecule has 1 atom stereocenters. The number of carbonyl (C=O) groups is 3. The number of terminal acetylenes is 1. The van der Waals surface area contributed by atoms with Crippen molar-refractivity contribution in [2.24, 2.45) is 0 Å². The normalized spacial score (nSPS) is 14.8. The summed E-state index contributed by atoms with van der Waals surface area (Å²) < 4.78 is 5.04. The lowest BCUT2D eigenvalue weighted by Crippen LogP contribution is -2.26. The molecule has 1 aromatic rings. The third-order valence-corrected chi connectivity index (χ3v) is 2.91. The molecule has 0 spiro atoms. The van der Waals surface area contributed by atoms with E-state index in [9.17, 15) is 14.4 Å². The van der Waals surface area contributed by atoms with Gasteiger partial charge in [0, 0.05) is 12.1 Å². The highest BCUT2D eigenvalue weighted by Gasteiger charge is 2.26. The number of hydrogen-bond donors (Lipinski definition) is 2. The Morgan fingerprint density at radius 2 is 1.96 bits per heavy atom. The fourth-order valence-electron chi connectivity index (χ4n) is 1.83. The molecule has 1 saturated heterocycles. The van der Waals surface area contributed by atoms with Crippen LogP contribution in [0.25, 0.3) is 0 Å². The summed E-state index contributed by atoms with van der Waals surface area (Å²) >= 11 is 0. The summed E-state index contributed by atoms with van der Waals surface area (Å²) in [5.74, 6) is 2.36. The van der Waals surface area contributed by atoms with Crippen molar-refractivity contribution in [3.05, 3.63) is 29.3 Å². The van der Waals surface area contributed by atoms with Gasteiger partial charge in [0.1, 0.15) is 5.75 Å². The zero-order chi connectivity index (χ0) is 19.4. The number of nitrogens with one attached hydrogen (secondary N) is 2. The maximum absolute atomic E-state index is 10.8. The van der Waals surface area contributed by atoms with Gasteiger partial charge in [0.2, 0.25) is 0 Å². The molecule has 0 aromatic heterocycles. The first-order chi connectivity index (χ1) is 11.9. The van der Waals surface area contributed by atoms with E-state index in [4.69, 9.17) is 11.2 Å². The second-order valence-corrected chi connectivity index (χ2v) is 4.98. The van der Waals surface area contributed by atoms with Gasteiger partial charge in [-0.05, 0) is 31.8 Å². The molecule has 1 fully saturated rings. The molecule has 25 heavy (non-hydrogen) atoms. The average Bonchev–Trinajstić information content (AvgIpc) is 2.94. The maximum atomic E-state index is 10.8. The zero-order valence-electron chi connectivity index (χ0n) is 15.3. The third kappa shape index (κ3) is 7.50. The van der Waals surface area contributed by atoms with Gasteiger partial charge in [-0.2, -0.15) is 0 Å². The van der Waals surface area contributed by atoms with Gasteiger partial charge in [-0.3, -0.25) is 14.9 Å². The molecule has 3 amide bonds. The van der Waals surface area contributed by atoms with E-state index in [0.29, 0.717) is 5.56 Å². The standard InChI is InChI=1S/C11H15NO2.C5H4N2O2.C2H6/c1-12(2)7-9-4-5-11(14-3)6-10(9)8-13;1-2-3-4(8)7-5(9)6-3;1-2/h4-6,8H,7H2,1-3H3;1,3H,(H2,6,7,8,9);1-2H3. The third-order valence-electron chi connectivity index (χ3n) is 2.91. The number of aldehydes is 1. The first-order valence-electron chi connectivity index (χ1n) is 7.75. The van der Waals surface area contributed by atoms with Gasteiger partial charge < -0.3 is 15.0 Å². The van der Waals surface area contributed by atoms with Crippen LogP contribution in [0.4, 0.5) is 4.79 Å². The van der Waals surface area contributed by atoms with E-state index in [0.717, 1.165) is 24.1 Å². The molecule has 7 nitrogen and oxygen atoms in total. The summed E-state index contributed by atoms with van der Waals surface area (Å²) in [5.41, 5.74) is 1.71. The van der Waals surface area contributed by atoms with Gasteiger partial charge in [0.25, 0.3) is 5.91 Å². The van der Waals surface area contributed by atoms with E-state index < -0.39 is 18.0 Å². The van der Waals surface area contributed by atoms with Crippen LogP contribution >= 0.6 is 0 Å². The first kappa shape index (κ1) is 22.2. The summed E-state index contributed by atoms with van der Waals surface area (Å²) in [6.07, 6.45) is 5.72. The van der Waals surface area contributed by atoms with Crippen LogP contribution in [0, 0.1) is 12.3 Å². The molecule has 1 aromatic carbocycles. The van der Waals surface area contributed by atoms with Gasteiger partial charge in [-0.1, -0.05) is 25.8 Å². The first-order valence-corrected chi connectivity index (χ1v) is 7.75. The topological polar surface area (TPSA) is 87.7 Å². The summed E-state index contributed by atoms with van der Waals surface area (Å²) in [4.78, 5) is 33.6. The molecule has 0 radical (unpaired) electrons. The molecule has 1 unspecified atom stereocenters. The molecular formula is C18H25N3O4. The summed E-state index contributed by atoms with van der Waals surface area (Å²) in [6, 6.07) is 4.24. The quantitative estimate of drug-likeness (QED) is 0.489. The van der Waals surface area contributed by atoms with Crippen LogP contribution < -0.4 is 15.4 Å². The molecule has 0 saturated carbocycles. The molecule has 2 rings (SSSR count). The Morgan fingerprint density at radius 3 is 2.32 bits per heavy atom. The molecule has 1 aliphatic heterocycles. The van der Waals surface area contributed by atoms with Gasteiger partial charge in [0.05, 0.1) is 7.11 Å². The highest BCUT2D eigenvalue weighted by Crippen LogP contribution is 2.17. The lowest BCUT2D eigenvalue weighted by Gasteiger charge is -2.12. The predicted octanol–water partition coefficient (Wildman–Crippen LogP) is 1.42. The zero-order valence-corrected chi connectivity index (χ0v) is 15.3. The number of urea groups is 1. The van der Waals surface area contributed by atoms with Crippen LogP contribution in [0.5, 0.6) is 5.75 Å². The monoisotopic (exact) mass is 347 g/mol. The summed E-state index contributed by atoms with van der Waals surface area (Å²) in [6.45, 7) is 4.76. The number of ether oxygens (including phenoxy) is 1. The number of hydrogen-bond acceptors (Lipinski definition) is 5. The van der Waals surface area contributed by atoms with E-state index in [1.807, 2.05) is 50.3 Å². The van der Waals surface area contributed by atoms with Gasteiger partial charge >= 0.3 is 6.03 Å². The molecular weight excluding hydrogens is 322 g/mol. The Bertz CT molecular complexity index is 636. The molecule has 1 aliphatic rings. The Hall–Kier alpha value is -2.85. The Morgan fingerprint density at radius 1 is 1.32 bits per heavy atom. The smallest absolute Gasteiger partial charge is 0.322 e. The van der Waals surface area contributed by atoms with E-state index in [-0.39, 0.29) is 0 Å². The number of benzene rings is 1. The maximum Gasteiger partial charge on any atom is 0.322 e. The number of imide groups is 1.